The van der Waals surface area contributed by atoms with Gasteiger partial charge in [-0.15, -0.1) is 0 Å². The van der Waals surface area contributed by atoms with E-state index in [0.29, 0.717) is 31.3 Å². The minimum absolute atomic E-state index is 0.00857. The monoisotopic (exact) mass is 430 g/mol. The minimum Gasteiger partial charge on any atom is -0.486 e. The molecule has 1 aromatic heterocycles. The lowest BCUT2D eigenvalue weighted by Gasteiger charge is -2.39. The van der Waals surface area contributed by atoms with Gasteiger partial charge in [0.15, 0.2) is 0 Å². The summed E-state index contributed by atoms with van der Waals surface area (Å²) in [6.07, 6.45) is 3.39. The lowest BCUT2D eigenvalue weighted by Crippen LogP contribution is -2.56. The first-order chi connectivity index (χ1) is 13.0. The topological polar surface area (TPSA) is 51.5 Å². The molecule has 0 bridgehead atoms. The number of carbonyl (C=O) groups is 1. The van der Waals surface area contributed by atoms with Gasteiger partial charge in [0.1, 0.15) is 11.9 Å². The van der Waals surface area contributed by atoms with E-state index in [1.807, 2.05) is 46.7 Å². The molecular formula is C21H23BrN2O3. The molecule has 0 atom stereocenters. The Hall–Kier alpha value is -2.08. The van der Waals surface area contributed by atoms with Crippen molar-refractivity contribution in [3.63, 3.8) is 0 Å². The van der Waals surface area contributed by atoms with Gasteiger partial charge in [0.25, 0.3) is 5.56 Å². The maximum atomic E-state index is 12.3. The second-order valence-electron chi connectivity index (χ2n) is 7.44. The summed E-state index contributed by atoms with van der Waals surface area (Å²) < 4.78 is 8.81. The SMILES string of the molecule is Cc1cc(OC2CN(C(=O)CCc3ccc(Br)cc3)C2)cc(=O)n1C1CC1. The van der Waals surface area contributed by atoms with Gasteiger partial charge < -0.3 is 14.2 Å². The van der Waals surface area contributed by atoms with Crippen LogP contribution in [-0.4, -0.2) is 34.6 Å². The summed E-state index contributed by atoms with van der Waals surface area (Å²) in [6, 6.07) is 11.9. The van der Waals surface area contributed by atoms with Crippen molar-refractivity contribution in [3.05, 3.63) is 62.5 Å². The van der Waals surface area contributed by atoms with Gasteiger partial charge in [-0.05, 0) is 49.9 Å². The fourth-order valence-corrected chi connectivity index (χ4v) is 3.78. The van der Waals surface area contributed by atoms with Crippen molar-refractivity contribution >= 4 is 21.8 Å². The highest BCUT2D eigenvalue weighted by molar-refractivity contribution is 9.10. The van der Waals surface area contributed by atoms with Crippen LogP contribution in [-0.2, 0) is 11.2 Å². The zero-order chi connectivity index (χ0) is 19.0. The van der Waals surface area contributed by atoms with Crippen LogP contribution in [0.25, 0.3) is 0 Å². The summed E-state index contributed by atoms with van der Waals surface area (Å²) in [6.45, 7) is 3.12. The van der Waals surface area contributed by atoms with Crippen LogP contribution in [0.1, 0.15) is 36.6 Å². The number of amides is 1. The van der Waals surface area contributed by atoms with Crippen LogP contribution in [0.5, 0.6) is 5.75 Å². The molecule has 0 spiro atoms. The van der Waals surface area contributed by atoms with Crippen molar-refractivity contribution in [2.24, 2.45) is 0 Å². The average Bonchev–Trinajstić information content (AvgIpc) is 3.41. The quantitative estimate of drug-likeness (QED) is 0.704. The highest BCUT2D eigenvalue weighted by atomic mass is 79.9. The molecule has 1 aromatic carbocycles. The van der Waals surface area contributed by atoms with Gasteiger partial charge >= 0.3 is 0 Å². The molecule has 0 N–H and O–H groups in total. The standard InChI is InChI=1S/C21H23BrN2O3/c1-14-10-18(11-21(26)24(14)17-7-8-17)27-19-12-23(13-19)20(25)9-4-15-2-5-16(22)6-3-15/h2-3,5-6,10-11,17,19H,4,7-9,12-13H2,1H3. The van der Waals surface area contributed by atoms with Crippen LogP contribution in [0.4, 0.5) is 0 Å². The Bertz CT molecular complexity index is 897. The summed E-state index contributed by atoms with van der Waals surface area (Å²) in [5.74, 6) is 0.763. The van der Waals surface area contributed by atoms with Crippen LogP contribution in [0.3, 0.4) is 0 Å². The van der Waals surface area contributed by atoms with Crippen molar-refractivity contribution in [2.75, 3.05) is 13.1 Å². The molecule has 1 amide bonds. The zero-order valence-electron chi connectivity index (χ0n) is 15.4. The molecule has 5 nitrogen and oxygen atoms in total. The van der Waals surface area contributed by atoms with Gasteiger partial charge in [-0.1, -0.05) is 28.1 Å². The third-order valence-electron chi connectivity index (χ3n) is 5.19. The lowest BCUT2D eigenvalue weighted by atomic mass is 10.1. The zero-order valence-corrected chi connectivity index (χ0v) is 16.9. The summed E-state index contributed by atoms with van der Waals surface area (Å²) in [7, 11) is 0. The van der Waals surface area contributed by atoms with Gasteiger partial charge in [0.05, 0.1) is 13.1 Å². The fraction of sp³-hybridized carbons (Fsp3) is 0.429. The Labute approximate surface area is 167 Å². The van der Waals surface area contributed by atoms with E-state index < -0.39 is 0 Å². The normalized spacial score (nSPS) is 16.9. The smallest absolute Gasteiger partial charge is 0.254 e. The highest BCUT2D eigenvalue weighted by Crippen LogP contribution is 2.35. The largest absolute Gasteiger partial charge is 0.486 e. The molecule has 1 saturated heterocycles. The first-order valence-electron chi connectivity index (χ1n) is 9.41. The van der Waals surface area contributed by atoms with Crippen molar-refractivity contribution in [3.8, 4) is 5.75 Å². The molecule has 1 aliphatic heterocycles. The Kier molecular flexibility index (Phi) is 5.08. The van der Waals surface area contributed by atoms with Crippen LogP contribution in [0.2, 0.25) is 0 Å². The van der Waals surface area contributed by atoms with E-state index in [0.717, 1.165) is 35.0 Å². The fourth-order valence-electron chi connectivity index (χ4n) is 3.52. The Morgan fingerprint density at radius 1 is 1.19 bits per heavy atom. The third-order valence-corrected chi connectivity index (χ3v) is 5.72. The molecule has 4 rings (SSSR count). The number of hydrogen-bond donors (Lipinski definition) is 0. The van der Waals surface area contributed by atoms with E-state index in [-0.39, 0.29) is 17.6 Å². The Morgan fingerprint density at radius 3 is 2.52 bits per heavy atom. The van der Waals surface area contributed by atoms with Crippen LogP contribution in [0, 0.1) is 6.92 Å². The maximum Gasteiger partial charge on any atom is 0.254 e. The molecule has 1 saturated carbocycles. The molecule has 0 unspecified atom stereocenters. The molecule has 2 fully saturated rings. The number of halogens is 1. The maximum absolute atomic E-state index is 12.3. The van der Waals surface area contributed by atoms with Crippen LogP contribution in [0.15, 0.2) is 45.7 Å². The number of pyridine rings is 1. The molecule has 0 radical (unpaired) electrons. The van der Waals surface area contributed by atoms with E-state index >= 15 is 0 Å². The summed E-state index contributed by atoms with van der Waals surface area (Å²) in [5, 5.41) is 0. The first-order valence-corrected chi connectivity index (χ1v) is 10.2. The van der Waals surface area contributed by atoms with Gasteiger partial charge in [0.2, 0.25) is 5.91 Å². The average molecular weight is 431 g/mol. The number of rotatable bonds is 6. The van der Waals surface area contributed by atoms with Gasteiger partial charge in [-0.3, -0.25) is 9.59 Å². The van der Waals surface area contributed by atoms with Crippen molar-refractivity contribution in [2.45, 2.75) is 44.8 Å². The van der Waals surface area contributed by atoms with Gasteiger partial charge in [-0.25, -0.2) is 0 Å². The third kappa shape index (κ3) is 4.26. The molecule has 2 aromatic rings. The van der Waals surface area contributed by atoms with Crippen molar-refractivity contribution in [1.82, 2.24) is 9.47 Å². The second kappa shape index (κ2) is 7.50. The Morgan fingerprint density at radius 2 is 1.89 bits per heavy atom. The number of hydrogen-bond acceptors (Lipinski definition) is 3. The van der Waals surface area contributed by atoms with E-state index in [1.54, 1.807) is 6.07 Å². The first kappa shape index (κ1) is 18.3. The van der Waals surface area contributed by atoms with E-state index in [2.05, 4.69) is 15.9 Å². The molecule has 2 heterocycles. The minimum atomic E-state index is -0.0304. The summed E-state index contributed by atoms with van der Waals surface area (Å²) in [5.41, 5.74) is 2.11. The number of aryl methyl sites for hydroxylation is 2. The Balaban J connectivity index is 1.26. The van der Waals surface area contributed by atoms with E-state index in [9.17, 15) is 9.59 Å². The predicted octanol–water partition coefficient (Wildman–Crippen LogP) is 3.48. The lowest BCUT2D eigenvalue weighted by molar-refractivity contribution is -0.139. The van der Waals surface area contributed by atoms with Crippen LogP contribution >= 0.6 is 15.9 Å². The molecule has 27 heavy (non-hydrogen) atoms. The second-order valence-corrected chi connectivity index (χ2v) is 8.35. The number of aromatic nitrogens is 1. The molecular weight excluding hydrogens is 408 g/mol. The number of nitrogens with zero attached hydrogens (tertiary/aromatic N) is 2. The number of likely N-dealkylation sites (tertiary alicyclic amines) is 1. The van der Waals surface area contributed by atoms with E-state index in [1.165, 1.54) is 0 Å². The van der Waals surface area contributed by atoms with E-state index in [4.69, 9.17) is 4.74 Å². The molecule has 142 valence electrons. The van der Waals surface area contributed by atoms with Crippen molar-refractivity contribution < 1.29 is 9.53 Å². The van der Waals surface area contributed by atoms with Crippen LogP contribution < -0.4 is 10.3 Å². The molecule has 1 aliphatic carbocycles. The molecule has 6 heteroatoms. The number of ether oxygens (including phenoxy) is 1. The predicted molar refractivity (Wildman–Crippen MR) is 107 cm³/mol. The van der Waals surface area contributed by atoms with Gasteiger partial charge in [-0.2, -0.15) is 0 Å². The highest BCUT2D eigenvalue weighted by Gasteiger charge is 2.32. The summed E-state index contributed by atoms with van der Waals surface area (Å²) >= 11 is 3.42. The molecule has 2 aliphatic rings. The number of carbonyl (C=O) groups excluding carboxylic acids is 1. The van der Waals surface area contributed by atoms with Crippen molar-refractivity contribution in [1.29, 1.82) is 0 Å². The number of benzene rings is 1. The summed E-state index contributed by atoms with van der Waals surface area (Å²) in [4.78, 5) is 26.4. The van der Waals surface area contributed by atoms with Gasteiger partial charge in [0, 0.05) is 28.7 Å².